The number of nitrogens with one attached hydrogen (secondary N) is 1. The quantitative estimate of drug-likeness (QED) is 0.795. The number of H-pyrrole nitrogens is 1. The Balaban J connectivity index is 2.22. The standard InChI is InChI=1S/C10H11N3O3/c1-3-15-10(14)9-5-7(11-12-9)8-4-6(2)16-13-8/h4-5H,3H2,1-2H3,(H,11,12). The first-order chi connectivity index (χ1) is 7.70. The fourth-order valence-corrected chi connectivity index (χ4v) is 1.25. The summed E-state index contributed by atoms with van der Waals surface area (Å²) in [5.41, 5.74) is 1.45. The monoisotopic (exact) mass is 221 g/mol. The topological polar surface area (TPSA) is 81.0 Å². The van der Waals surface area contributed by atoms with Crippen LogP contribution in [0.2, 0.25) is 0 Å². The molecule has 1 N–H and O–H groups in total. The van der Waals surface area contributed by atoms with E-state index in [2.05, 4.69) is 15.4 Å². The van der Waals surface area contributed by atoms with Crippen LogP contribution in [-0.2, 0) is 4.74 Å². The molecule has 0 spiro atoms. The van der Waals surface area contributed by atoms with E-state index in [1.807, 2.05) is 0 Å². The Morgan fingerprint density at radius 2 is 2.31 bits per heavy atom. The van der Waals surface area contributed by atoms with E-state index >= 15 is 0 Å². The summed E-state index contributed by atoms with van der Waals surface area (Å²) in [5.74, 6) is 0.261. The van der Waals surface area contributed by atoms with Crippen LogP contribution in [0.1, 0.15) is 23.2 Å². The predicted molar refractivity (Wildman–Crippen MR) is 54.8 cm³/mol. The molecule has 0 unspecified atom stereocenters. The third-order valence-electron chi connectivity index (χ3n) is 1.96. The van der Waals surface area contributed by atoms with Crippen LogP contribution >= 0.6 is 0 Å². The second kappa shape index (κ2) is 4.18. The van der Waals surface area contributed by atoms with Crippen LogP contribution in [0, 0.1) is 6.92 Å². The number of aryl methyl sites for hydroxylation is 1. The van der Waals surface area contributed by atoms with Gasteiger partial charge in [0.1, 0.15) is 22.8 Å². The molecule has 0 aliphatic rings. The van der Waals surface area contributed by atoms with Gasteiger partial charge in [0, 0.05) is 12.1 Å². The lowest BCUT2D eigenvalue weighted by Crippen LogP contribution is -2.04. The Labute approximate surface area is 91.6 Å². The molecule has 0 radical (unpaired) electrons. The zero-order valence-corrected chi connectivity index (χ0v) is 8.98. The molecule has 16 heavy (non-hydrogen) atoms. The van der Waals surface area contributed by atoms with Gasteiger partial charge >= 0.3 is 5.97 Å². The largest absolute Gasteiger partial charge is 0.461 e. The predicted octanol–water partition coefficient (Wildman–Crippen LogP) is 1.55. The molecule has 0 atom stereocenters. The summed E-state index contributed by atoms with van der Waals surface area (Å²) in [5, 5.41) is 10.3. The Hall–Kier alpha value is -2.11. The summed E-state index contributed by atoms with van der Waals surface area (Å²) in [6.07, 6.45) is 0. The minimum Gasteiger partial charge on any atom is -0.461 e. The molecule has 6 heteroatoms. The highest BCUT2D eigenvalue weighted by atomic mass is 16.5. The summed E-state index contributed by atoms with van der Waals surface area (Å²) < 4.78 is 9.74. The number of rotatable bonds is 3. The van der Waals surface area contributed by atoms with Gasteiger partial charge in [0.2, 0.25) is 0 Å². The second-order valence-corrected chi connectivity index (χ2v) is 3.21. The highest BCUT2D eigenvalue weighted by Crippen LogP contribution is 2.17. The van der Waals surface area contributed by atoms with E-state index in [9.17, 15) is 4.79 Å². The number of aromatic amines is 1. The smallest absolute Gasteiger partial charge is 0.356 e. The first-order valence-electron chi connectivity index (χ1n) is 4.87. The van der Waals surface area contributed by atoms with Crippen molar-refractivity contribution < 1.29 is 14.1 Å². The lowest BCUT2D eigenvalue weighted by atomic mass is 10.2. The van der Waals surface area contributed by atoms with Gasteiger partial charge in [-0.05, 0) is 13.8 Å². The maximum Gasteiger partial charge on any atom is 0.356 e. The lowest BCUT2D eigenvalue weighted by Gasteiger charge is -1.95. The van der Waals surface area contributed by atoms with Crippen molar-refractivity contribution in [3.8, 4) is 11.4 Å². The van der Waals surface area contributed by atoms with Crippen LogP contribution in [0.5, 0.6) is 0 Å². The maximum atomic E-state index is 11.4. The van der Waals surface area contributed by atoms with Crippen molar-refractivity contribution in [3.05, 3.63) is 23.6 Å². The van der Waals surface area contributed by atoms with Crippen LogP contribution in [0.3, 0.4) is 0 Å². The molecule has 6 nitrogen and oxygen atoms in total. The Kier molecular flexibility index (Phi) is 2.72. The Morgan fingerprint density at radius 3 is 2.94 bits per heavy atom. The summed E-state index contributed by atoms with van der Waals surface area (Å²) in [7, 11) is 0. The fraction of sp³-hybridized carbons (Fsp3) is 0.300. The molecule has 84 valence electrons. The Morgan fingerprint density at radius 1 is 1.50 bits per heavy atom. The number of hydrogen-bond donors (Lipinski definition) is 1. The zero-order valence-electron chi connectivity index (χ0n) is 8.98. The van der Waals surface area contributed by atoms with E-state index < -0.39 is 5.97 Å². The molecular formula is C10H11N3O3. The average Bonchev–Trinajstić information content (AvgIpc) is 2.85. The summed E-state index contributed by atoms with van der Waals surface area (Å²) in [6.45, 7) is 3.86. The van der Waals surface area contributed by atoms with E-state index in [-0.39, 0.29) is 0 Å². The lowest BCUT2D eigenvalue weighted by molar-refractivity contribution is 0.0519. The van der Waals surface area contributed by atoms with Crippen molar-refractivity contribution in [2.45, 2.75) is 13.8 Å². The average molecular weight is 221 g/mol. The summed E-state index contributed by atoms with van der Waals surface area (Å²) >= 11 is 0. The number of carbonyl (C=O) groups is 1. The zero-order chi connectivity index (χ0) is 11.5. The van der Waals surface area contributed by atoms with E-state index in [0.717, 1.165) is 0 Å². The van der Waals surface area contributed by atoms with Crippen molar-refractivity contribution in [3.63, 3.8) is 0 Å². The van der Waals surface area contributed by atoms with Gasteiger partial charge in [-0.2, -0.15) is 5.10 Å². The van der Waals surface area contributed by atoms with Gasteiger partial charge in [0.05, 0.1) is 6.61 Å². The minimum absolute atomic E-state index is 0.303. The van der Waals surface area contributed by atoms with Crippen molar-refractivity contribution in [2.24, 2.45) is 0 Å². The number of esters is 1. The molecule has 0 saturated carbocycles. The number of hydrogen-bond acceptors (Lipinski definition) is 5. The molecule has 0 bridgehead atoms. The molecular weight excluding hydrogens is 210 g/mol. The molecule has 0 saturated heterocycles. The first-order valence-corrected chi connectivity index (χ1v) is 4.87. The molecule has 2 heterocycles. The van der Waals surface area contributed by atoms with Gasteiger partial charge in [-0.1, -0.05) is 5.16 Å². The van der Waals surface area contributed by atoms with Crippen molar-refractivity contribution in [1.82, 2.24) is 15.4 Å². The van der Waals surface area contributed by atoms with Gasteiger partial charge in [-0.3, -0.25) is 5.10 Å². The Bertz CT molecular complexity index is 501. The number of nitrogens with zero attached hydrogens (tertiary/aromatic N) is 2. The van der Waals surface area contributed by atoms with E-state index in [1.165, 1.54) is 0 Å². The number of aromatic nitrogens is 3. The van der Waals surface area contributed by atoms with Gasteiger partial charge < -0.3 is 9.26 Å². The molecule has 0 aromatic carbocycles. The normalized spacial score (nSPS) is 10.4. The molecule has 2 rings (SSSR count). The molecule has 2 aromatic heterocycles. The third kappa shape index (κ3) is 1.95. The van der Waals surface area contributed by atoms with E-state index in [4.69, 9.17) is 9.26 Å². The SMILES string of the molecule is CCOC(=O)c1cc(-c2cc(C)on2)n[nH]1. The summed E-state index contributed by atoms with van der Waals surface area (Å²) in [4.78, 5) is 11.4. The first kappa shape index (κ1) is 10.4. The minimum atomic E-state index is -0.429. The van der Waals surface area contributed by atoms with Gasteiger partial charge in [0.25, 0.3) is 0 Å². The van der Waals surface area contributed by atoms with Gasteiger partial charge in [0.15, 0.2) is 0 Å². The number of carbonyl (C=O) groups excluding carboxylic acids is 1. The molecule has 2 aromatic rings. The van der Waals surface area contributed by atoms with Crippen LogP contribution in [0.25, 0.3) is 11.4 Å². The highest BCUT2D eigenvalue weighted by molar-refractivity contribution is 5.88. The summed E-state index contributed by atoms with van der Waals surface area (Å²) in [6, 6.07) is 3.32. The van der Waals surface area contributed by atoms with Crippen LogP contribution in [0.4, 0.5) is 0 Å². The highest BCUT2D eigenvalue weighted by Gasteiger charge is 2.13. The molecule has 0 fully saturated rings. The molecule has 0 amide bonds. The van der Waals surface area contributed by atoms with Crippen LogP contribution in [0.15, 0.2) is 16.7 Å². The van der Waals surface area contributed by atoms with E-state index in [1.54, 1.807) is 26.0 Å². The molecule has 0 aliphatic heterocycles. The van der Waals surface area contributed by atoms with Gasteiger partial charge in [-0.25, -0.2) is 4.79 Å². The van der Waals surface area contributed by atoms with Crippen molar-refractivity contribution in [1.29, 1.82) is 0 Å². The van der Waals surface area contributed by atoms with Crippen molar-refractivity contribution in [2.75, 3.05) is 6.61 Å². The van der Waals surface area contributed by atoms with Crippen molar-refractivity contribution >= 4 is 5.97 Å². The molecule has 0 aliphatic carbocycles. The second-order valence-electron chi connectivity index (χ2n) is 3.21. The fourth-order valence-electron chi connectivity index (χ4n) is 1.25. The van der Waals surface area contributed by atoms with Gasteiger partial charge in [-0.15, -0.1) is 0 Å². The van der Waals surface area contributed by atoms with Crippen LogP contribution in [-0.4, -0.2) is 27.9 Å². The maximum absolute atomic E-state index is 11.4. The van der Waals surface area contributed by atoms with Crippen LogP contribution < -0.4 is 0 Å². The third-order valence-corrected chi connectivity index (χ3v) is 1.96. The van der Waals surface area contributed by atoms with E-state index in [0.29, 0.717) is 29.4 Å². The number of ether oxygens (including phenoxy) is 1.